The number of sulfonamides is 1. The van der Waals surface area contributed by atoms with E-state index in [1.807, 2.05) is 48.5 Å². The van der Waals surface area contributed by atoms with Gasteiger partial charge in [0.1, 0.15) is 0 Å². The van der Waals surface area contributed by atoms with Crippen LogP contribution >= 0.6 is 0 Å². The molecule has 0 aliphatic heterocycles. The highest BCUT2D eigenvalue weighted by molar-refractivity contribution is 7.89. The number of para-hydroxylation sites is 3. The fraction of sp³-hybridized carbons (Fsp3) is 0.136. The Morgan fingerprint density at radius 2 is 1.48 bits per heavy atom. The van der Waals surface area contributed by atoms with Crippen molar-refractivity contribution in [1.82, 2.24) is 4.72 Å². The standard InChI is InChI=1S/C22H23N3O3S/c1-16(2)25-29(27,28)19-12-8-9-17(15-19)22(26)24-21-14-7-6-13-20(21)23-18-10-4-3-5-11-18/h3-16,23,25H,1-2H3,(H,24,26). The van der Waals surface area contributed by atoms with E-state index < -0.39 is 15.9 Å². The average Bonchev–Trinajstić information content (AvgIpc) is 2.69. The molecule has 7 heteroatoms. The molecule has 3 N–H and O–H groups in total. The molecule has 0 spiro atoms. The van der Waals surface area contributed by atoms with Crippen LogP contribution in [0.15, 0.2) is 83.8 Å². The van der Waals surface area contributed by atoms with Crippen molar-refractivity contribution < 1.29 is 13.2 Å². The van der Waals surface area contributed by atoms with Crippen LogP contribution in [0.25, 0.3) is 0 Å². The van der Waals surface area contributed by atoms with Crippen LogP contribution in [-0.2, 0) is 10.0 Å². The van der Waals surface area contributed by atoms with Gasteiger partial charge in [0.2, 0.25) is 10.0 Å². The third-order valence-corrected chi connectivity index (χ3v) is 5.68. The minimum absolute atomic E-state index is 0.0505. The average molecular weight is 410 g/mol. The number of amides is 1. The lowest BCUT2D eigenvalue weighted by Crippen LogP contribution is -2.30. The predicted molar refractivity (Wildman–Crippen MR) is 116 cm³/mol. The van der Waals surface area contributed by atoms with Gasteiger partial charge in [0, 0.05) is 17.3 Å². The van der Waals surface area contributed by atoms with Crippen molar-refractivity contribution in [2.45, 2.75) is 24.8 Å². The molecule has 3 aromatic carbocycles. The highest BCUT2D eigenvalue weighted by Gasteiger charge is 2.17. The summed E-state index contributed by atoms with van der Waals surface area (Å²) in [4.78, 5) is 12.8. The van der Waals surface area contributed by atoms with Crippen molar-refractivity contribution in [3.8, 4) is 0 Å². The van der Waals surface area contributed by atoms with Gasteiger partial charge in [0.05, 0.1) is 16.3 Å². The first-order valence-electron chi connectivity index (χ1n) is 9.20. The van der Waals surface area contributed by atoms with E-state index in [0.29, 0.717) is 5.69 Å². The molecule has 0 aliphatic carbocycles. The van der Waals surface area contributed by atoms with Crippen LogP contribution < -0.4 is 15.4 Å². The molecule has 0 heterocycles. The Morgan fingerprint density at radius 3 is 2.17 bits per heavy atom. The van der Waals surface area contributed by atoms with Gasteiger partial charge < -0.3 is 10.6 Å². The molecule has 3 rings (SSSR count). The molecule has 0 bridgehead atoms. The molecule has 0 aromatic heterocycles. The SMILES string of the molecule is CC(C)NS(=O)(=O)c1cccc(C(=O)Nc2ccccc2Nc2ccccc2)c1. The third kappa shape index (κ3) is 5.43. The molecule has 3 aromatic rings. The number of benzene rings is 3. The first-order valence-corrected chi connectivity index (χ1v) is 10.7. The largest absolute Gasteiger partial charge is 0.354 e. The number of carbonyl (C=O) groups is 1. The smallest absolute Gasteiger partial charge is 0.255 e. The van der Waals surface area contributed by atoms with Gasteiger partial charge in [-0.3, -0.25) is 4.79 Å². The predicted octanol–water partition coefficient (Wildman–Crippen LogP) is 4.37. The Balaban J connectivity index is 1.82. The topological polar surface area (TPSA) is 87.3 Å². The van der Waals surface area contributed by atoms with Crippen LogP contribution in [0.1, 0.15) is 24.2 Å². The van der Waals surface area contributed by atoms with Gasteiger partial charge in [0.15, 0.2) is 0 Å². The lowest BCUT2D eigenvalue weighted by Gasteiger charge is -2.14. The van der Waals surface area contributed by atoms with Gasteiger partial charge in [-0.25, -0.2) is 13.1 Å². The first kappa shape index (κ1) is 20.6. The number of carbonyl (C=O) groups excluding carboxylic acids is 1. The molecule has 0 radical (unpaired) electrons. The van der Waals surface area contributed by atoms with E-state index in [1.165, 1.54) is 12.1 Å². The summed E-state index contributed by atoms with van der Waals surface area (Å²) < 4.78 is 27.3. The maximum Gasteiger partial charge on any atom is 0.255 e. The second-order valence-electron chi connectivity index (χ2n) is 6.79. The Hall–Kier alpha value is -3.16. The monoisotopic (exact) mass is 409 g/mol. The second-order valence-corrected chi connectivity index (χ2v) is 8.51. The second kappa shape index (κ2) is 8.89. The lowest BCUT2D eigenvalue weighted by atomic mass is 10.2. The van der Waals surface area contributed by atoms with E-state index in [4.69, 9.17) is 0 Å². The first-order chi connectivity index (χ1) is 13.8. The van der Waals surface area contributed by atoms with Gasteiger partial charge >= 0.3 is 0 Å². The Morgan fingerprint density at radius 1 is 0.828 bits per heavy atom. The minimum atomic E-state index is -3.68. The fourth-order valence-electron chi connectivity index (χ4n) is 2.76. The van der Waals surface area contributed by atoms with Gasteiger partial charge in [0.25, 0.3) is 5.91 Å². The molecule has 6 nitrogen and oxygen atoms in total. The molecule has 0 atom stereocenters. The zero-order valence-corrected chi connectivity index (χ0v) is 17.0. The number of anilines is 3. The van der Waals surface area contributed by atoms with E-state index in [9.17, 15) is 13.2 Å². The highest BCUT2D eigenvalue weighted by Crippen LogP contribution is 2.26. The molecule has 0 aliphatic rings. The zero-order chi connectivity index (χ0) is 20.9. The molecule has 29 heavy (non-hydrogen) atoms. The van der Waals surface area contributed by atoms with E-state index >= 15 is 0 Å². The summed E-state index contributed by atoms with van der Waals surface area (Å²) in [6.07, 6.45) is 0. The van der Waals surface area contributed by atoms with Crippen molar-refractivity contribution >= 4 is 33.0 Å². The van der Waals surface area contributed by atoms with Crippen molar-refractivity contribution in [2.75, 3.05) is 10.6 Å². The molecule has 0 saturated carbocycles. The number of nitrogens with one attached hydrogen (secondary N) is 3. The maximum atomic E-state index is 12.8. The Bertz CT molecular complexity index is 1100. The van der Waals surface area contributed by atoms with Crippen LogP contribution in [0, 0.1) is 0 Å². The van der Waals surface area contributed by atoms with Gasteiger partial charge in [-0.05, 0) is 56.3 Å². The van der Waals surface area contributed by atoms with Crippen molar-refractivity contribution in [3.05, 3.63) is 84.4 Å². The summed E-state index contributed by atoms with van der Waals surface area (Å²) in [5.74, 6) is -0.395. The lowest BCUT2D eigenvalue weighted by molar-refractivity contribution is 0.102. The van der Waals surface area contributed by atoms with Gasteiger partial charge in [-0.15, -0.1) is 0 Å². The molecular formula is C22H23N3O3S. The van der Waals surface area contributed by atoms with Gasteiger partial charge in [-0.1, -0.05) is 36.4 Å². The molecular weight excluding hydrogens is 386 g/mol. The molecule has 0 fully saturated rings. The summed E-state index contributed by atoms with van der Waals surface area (Å²) in [5, 5.41) is 6.12. The molecule has 150 valence electrons. The summed E-state index contributed by atoms with van der Waals surface area (Å²) in [5.41, 5.74) is 2.47. The normalized spacial score (nSPS) is 11.3. The Kier molecular flexibility index (Phi) is 6.31. The summed E-state index contributed by atoms with van der Waals surface area (Å²) >= 11 is 0. The summed E-state index contributed by atoms with van der Waals surface area (Å²) in [6, 6.07) is 22.7. The third-order valence-electron chi connectivity index (χ3n) is 4.03. The minimum Gasteiger partial charge on any atom is -0.354 e. The van der Waals surface area contributed by atoms with Crippen molar-refractivity contribution in [2.24, 2.45) is 0 Å². The highest BCUT2D eigenvalue weighted by atomic mass is 32.2. The van der Waals surface area contributed by atoms with Crippen LogP contribution in [0.2, 0.25) is 0 Å². The van der Waals surface area contributed by atoms with Crippen LogP contribution in [0.4, 0.5) is 17.1 Å². The number of hydrogen-bond donors (Lipinski definition) is 3. The van der Waals surface area contributed by atoms with Crippen LogP contribution in [0.5, 0.6) is 0 Å². The van der Waals surface area contributed by atoms with Crippen LogP contribution in [0.3, 0.4) is 0 Å². The summed E-state index contributed by atoms with van der Waals surface area (Å²) in [7, 11) is -3.68. The van der Waals surface area contributed by atoms with E-state index in [-0.39, 0.29) is 16.5 Å². The van der Waals surface area contributed by atoms with Crippen molar-refractivity contribution in [3.63, 3.8) is 0 Å². The summed E-state index contributed by atoms with van der Waals surface area (Å²) in [6.45, 7) is 3.48. The quantitative estimate of drug-likeness (QED) is 0.541. The maximum absolute atomic E-state index is 12.8. The van der Waals surface area contributed by atoms with Crippen LogP contribution in [-0.4, -0.2) is 20.4 Å². The van der Waals surface area contributed by atoms with Gasteiger partial charge in [-0.2, -0.15) is 0 Å². The number of hydrogen-bond acceptors (Lipinski definition) is 4. The molecule has 0 unspecified atom stereocenters. The number of rotatable bonds is 7. The van der Waals surface area contributed by atoms with E-state index in [2.05, 4.69) is 15.4 Å². The zero-order valence-electron chi connectivity index (χ0n) is 16.2. The Labute approximate surface area is 171 Å². The van der Waals surface area contributed by atoms with E-state index in [0.717, 1.165) is 11.4 Å². The van der Waals surface area contributed by atoms with E-state index in [1.54, 1.807) is 32.0 Å². The molecule has 0 saturated heterocycles. The van der Waals surface area contributed by atoms with Crippen molar-refractivity contribution in [1.29, 1.82) is 0 Å². The molecule has 1 amide bonds. The fourth-order valence-corrected chi connectivity index (χ4v) is 4.05.